The first-order valence-corrected chi connectivity index (χ1v) is 7.73. The fourth-order valence-corrected chi connectivity index (χ4v) is 3.28. The molecular formula is C17H28N2O. The highest BCUT2D eigenvalue weighted by atomic mass is 16.5. The number of ether oxygens (including phenoxy) is 1. The number of methoxy groups -OCH3 is 1. The van der Waals surface area contributed by atoms with Crippen molar-refractivity contribution in [2.24, 2.45) is 17.6 Å². The minimum Gasteiger partial charge on any atom is -0.496 e. The quantitative estimate of drug-likeness (QED) is 0.868. The minimum absolute atomic E-state index is 0.769. The average Bonchev–Trinajstić information content (AvgIpc) is 2.48. The molecule has 1 saturated carbocycles. The van der Waals surface area contributed by atoms with Gasteiger partial charge in [0, 0.05) is 18.7 Å². The van der Waals surface area contributed by atoms with E-state index in [-0.39, 0.29) is 0 Å². The third-order valence-corrected chi connectivity index (χ3v) is 4.50. The van der Waals surface area contributed by atoms with E-state index in [9.17, 15) is 0 Å². The van der Waals surface area contributed by atoms with Crippen molar-refractivity contribution in [3.63, 3.8) is 0 Å². The molecule has 20 heavy (non-hydrogen) atoms. The number of nitrogens with two attached hydrogens (primary N) is 1. The lowest BCUT2D eigenvalue weighted by molar-refractivity contribution is 0.200. The van der Waals surface area contributed by atoms with Crippen LogP contribution in [0.15, 0.2) is 24.3 Å². The van der Waals surface area contributed by atoms with Crippen molar-refractivity contribution in [1.29, 1.82) is 0 Å². The first kappa shape index (κ1) is 15.3. The van der Waals surface area contributed by atoms with E-state index < -0.39 is 0 Å². The van der Waals surface area contributed by atoms with Crippen LogP contribution in [0.2, 0.25) is 0 Å². The summed E-state index contributed by atoms with van der Waals surface area (Å²) in [6, 6.07) is 8.30. The highest BCUT2D eigenvalue weighted by Gasteiger charge is 2.21. The lowest BCUT2D eigenvalue weighted by Crippen LogP contribution is -2.30. The molecule has 0 amide bonds. The van der Waals surface area contributed by atoms with E-state index in [0.717, 1.165) is 30.7 Å². The Labute approximate surface area is 123 Å². The number of rotatable bonds is 6. The molecular weight excluding hydrogens is 248 g/mol. The smallest absolute Gasteiger partial charge is 0.123 e. The molecule has 3 nitrogen and oxygen atoms in total. The number of benzene rings is 1. The minimum atomic E-state index is 0.769. The van der Waals surface area contributed by atoms with Gasteiger partial charge < -0.3 is 15.4 Å². The molecule has 2 rings (SSSR count). The van der Waals surface area contributed by atoms with Gasteiger partial charge in [0.2, 0.25) is 0 Å². The molecule has 1 aliphatic carbocycles. The Bertz CT molecular complexity index is 400. The summed E-state index contributed by atoms with van der Waals surface area (Å²) in [6.07, 6.45) is 5.28. The first-order chi connectivity index (χ1) is 9.72. The number of hydrogen-bond acceptors (Lipinski definition) is 3. The topological polar surface area (TPSA) is 38.5 Å². The second kappa shape index (κ2) is 7.65. The Morgan fingerprint density at radius 1 is 1.15 bits per heavy atom. The molecule has 1 aromatic rings. The zero-order valence-electron chi connectivity index (χ0n) is 12.8. The lowest BCUT2D eigenvalue weighted by atomic mass is 9.82. The van der Waals surface area contributed by atoms with E-state index >= 15 is 0 Å². The average molecular weight is 276 g/mol. The molecule has 1 aliphatic rings. The van der Waals surface area contributed by atoms with Crippen molar-refractivity contribution in [2.45, 2.75) is 32.2 Å². The standard InChI is InChI=1S/C17H28N2O/c1-19(12-15-9-7-14(11-18)8-10-15)13-16-5-3-4-6-17(16)20-2/h3-6,14-15H,7-13,18H2,1-2H3. The summed E-state index contributed by atoms with van der Waals surface area (Å²) < 4.78 is 5.42. The summed E-state index contributed by atoms with van der Waals surface area (Å²) in [5, 5.41) is 0. The maximum Gasteiger partial charge on any atom is 0.123 e. The third kappa shape index (κ3) is 4.22. The van der Waals surface area contributed by atoms with Crippen molar-refractivity contribution in [3.8, 4) is 5.75 Å². The van der Waals surface area contributed by atoms with Crippen LogP contribution in [0.3, 0.4) is 0 Å². The second-order valence-corrected chi connectivity index (χ2v) is 6.13. The summed E-state index contributed by atoms with van der Waals surface area (Å²) in [6.45, 7) is 3.00. The Balaban J connectivity index is 1.82. The molecule has 0 atom stereocenters. The predicted molar refractivity (Wildman–Crippen MR) is 83.8 cm³/mol. The third-order valence-electron chi connectivity index (χ3n) is 4.50. The Morgan fingerprint density at radius 3 is 2.45 bits per heavy atom. The van der Waals surface area contributed by atoms with Crippen LogP contribution < -0.4 is 10.5 Å². The molecule has 0 aromatic heterocycles. The molecule has 0 aliphatic heterocycles. The van der Waals surface area contributed by atoms with E-state index in [1.807, 2.05) is 12.1 Å². The summed E-state index contributed by atoms with van der Waals surface area (Å²) >= 11 is 0. The summed E-state index contributed by atoms with van der Waals surface area (Å²) in [7, 11) is 3.95. The van der Waals surface area contributed by atoms with Crippen molar-refractivity contribution in [3.05, 3.63) is 29.8 Å². The van der Waals surface area contributed by atoms with Crippen LogP contribution >= 0.6 is 0 Å². The molecule has 1 fully saturated rings. The van der Waals surface area contributed by atoms with E-state index in [1.54, 1.807) is 7.11 Å². The fourth-order valence-electron chi connectivity index (χ4n) is 3.28. The van der Waals surface area contributed by atoms with Gasteiger partial charge in [-0.25, -0.2) is 0 Å². The monoisotopic (exact) mass is 276 g/mol. The molecule has 0 heterocycles. The van der Waals surface area contributed by atoms with Gasteiger partial charge >= 0.3 is 0 Å². The molecule has 0 radical (unpaired) electrons. The summed E-state index contributed by atoms with van der Waals surface area (Å²) in [5.41, 5.74) is 7.03. The molecule has 0 bridgehead atoms. The largest absolute Gasteiger partial charge is 0.496 e. The van der Waals surface area contributed by atoms with Crippen LogP contribution in [0, 0.1) is 11.8 Å². The van der Waals surface area contributed by atoms with Crippen molar-refractivity contribution >= 4 is 0 Å². The van der Waals surface area contributed by atoms with Gasteiger partial charge in [-0.1, -0.05) is 18.2 Å². The first-order valence-electron chi connectivity index (χ1n) is 7.73. The predicted octanol–water partition coefficient (Wildman–Crippen LogP) is 2.89. The van der Waals surface area contributed by atoms with Crippen LogP contribution in [-0.2, 0) is 6.54 Å². The Kier molecular flexibility index (Phi) is 5.86. The Morgan fingerprint density at radius 2 is 1.80 bits per heavy atom. The van der Waals surface area contributed by atoms with Crippen LogP contribution in [0.25, 0.3) is 0 Å². The van der Waals surface area contributed by atoms with Gasteiger partial charge in [0.25, 0.3) is 0 Å². The lowest BCUT2D eigenvalue weighted by Gasteiger charge is -2.31. The normalized spacial score (nSPS) is 23.0. The number of hydrogen-bond donors (Lipinski definition) is 1. The van der Waals surface area contributed by atoms with E-state index in [0.29, 0.717) is 0 Å². The van der Waals surface area contributed by atoms with Crippen LogP contribution in [-0.4, -0.2) is 32.1 Å². The van der Waals surface area contributed by atoms with E-state index in [1.165, 1.54) is 37.8 Å². The van der Waals surface area contributed by atoms with Crippen LogP contribution in [0.4, 0.5) is 0 Å². The van der Waals surface area contributed by atoms with Crippen LogP contribution in [0.5, 0.6) is 5.75 Å². The van der Waals surface area contributed by atoms with Gasteiger partial charge in [0.1, 0.15) is 5.75 Å². The molecule has 0 unspecified atom stereocenters. The maximum atomic E-state index is 5.76. The van der Waals surface area contributed by atoms with E-state index in [2.05, 4.69) is 24.1 Å². The maximum absolute atomic E-state index is 5.76. The molecule has 3 heteroatoms. The van der Waals surface area contributed by atoms with Crippen molar-refractivity contribution in [2.75, 3.05) is 27.2 Å². The van der Waals surface area contributed by atoms with Gasteiger partial charge in [-0.3, -0.25) is 0 Å². The molecule has 0 saturated heterocycles. The van der Waals surface area contributed by atoms with Gasteiger partial charge in [-0.15, -0.1) is 0 Å². The molecule has 1 aromatic carbocycles. The zero-order chi connectivity index (χ0) is 14.4. The van der Waals surface area contributed by atoms with Gasteiger partial charge in [0.15, 0.2) is 0 Å². The van der Waals surface area contributed by atoms with Crippen LogP contribution in [0.1, 0.15) is 31.2 Å². The summed E-state index contributed by atoms with van der Waals surface area (Å²) in [5.74, 6) is 2.59. The fraction of sp³-hybridized carbons (Fsp3) is 0.647. The Hall–Kier alpha value is -1.06. The van der Waals surface area contributed by atoms with Gasteiger partial charge in [0.05, 0.1) is 7.11 Å². The number of nitrogens with zero attached hydrogens (tertiary/aromatic N) is 1. The molecule has 0 spiro atoms. The second-order valence-electron chi connectivity index (χ2n) is 6.13. The highest BCUT2D eigenvalue weighted by molar-refractivity contribution is 5.32. The zero-order valence-corrected chi connectivity index (χ0v) is 12.8. The SMILES string of the molecule is COc1ccccc1CN(C)CC1CCC(CN)CC1. The number of para-hydroxylation sites is 1. The van der Waals surface area contributed by atoms with E-state index in [4.69, 9.17) is 10.5 Å². The van der Waals surface area contributed by atoms with Crippen molar-refractivity contribution in [1.82, 2.24) is 4.90 Å². The molecule has 112 valence electrons. The van der Waals surface area contributed by atoms with Gasteiger partial charge in [-0.05, 0) is 57.2 Å². The summed E-state index contributed by atoms with van der Waals surface area (Å²) in [4.78, 5) is 2.42. The highest BCUT2D eigenvalue weighted by Crippen LogP contribution is 2.29. The van der Waals surface area contributed by atoms with Gasteiger partial charge in [-0.2, -0.15) is 0 Å². The van der Waals surface area contributed by atoms with Crippen molar-refractivity contribution < 1.29 is 4.74 Å². The molecule has 2 N–H and O–H groups in total.